The Morgan fingerprint density at radius 2 is 1.84 bits per heavy atom. The number of unbranched alkanes of at least 4 members (excludes halogenated alkanes) is 2. The lowest BCUT2D eigenvalue weighted by atomic mass is 10.0. The Morgan fingerprint density at radius 1 is 1.21 bits per heavy atom. The van der Waals surface area contributed by atoms with E-state index in [1.165, 1.54) is 12.1 Å². The molecule has 0 saturated heterocycles. The number of rotatable bonds is 6. The zero-order valence-corrected chi connectivity index (χ0v) is 11.6. The average molecular weight is 298 g/mol. The van der Waals surface area contributed by atoms with E-state index in [4.69, 9.17) is 5.73 Å². The summed E-state index contributed by atoms with van der Waals surface area (Å²) in [6.07, 6.45) is -1.05. The second-order valence-electron chi connectivity index (χ2n) is 4.19. The largest absolute Gasteiger partial charge is 0.573 e. The van der Waals surface area contributed by atoms with Gasteiger partial charge in [-0.3, -0.25) is 0 Å². The van der Waals surface area contributed by atoms with Crippen molar-refractivity contribution in [1.82, 2.24) is 0 Å². The fourth-order valence-electron chi connectivity index (χ4n) is 1.77. The summed E-state index contributed by atoms with van der Waals surface area (Å²) in [6, 6.07) is 5.62. The maximum atomic E-state index is 12.2. The number of benzene rings is 1. The normalized spacial score (nSPS) is 12.7. The van der Waals surface area contributed by atoms with Crippen molar-refractivity contribution in [3.05, 3.63) is 29.8 Å². The molecule has 0 aliphatic carbocycles. The number of halogens is 4. The van der Waals surface area contributed by atoms with Crippen LogP contribution in [0.25, 0.3) is 0 Å². The molecule has 6 heteroatoms. The van der Waals surface area contributed by atoms with Gasteiger partial charge in [0.1, 0.15) is 5.75 Å². The molecule has 2 nitrogen and oxygen atoms in total. The monoisotopic (exact) mass is 297 g/mol. The minimum Gasteiger partial charge on any atom is -0.405 e. The molecule has 2 N–H and O–H groups in total. The molecule has 1 aromatic carbocycles. The molecule has 0 bridgehead atoms. The molecule has 0 aromatic heterocycles. The predicted molar refractivity (Wildman–Crippen MR) is 71.4 cm³/mol. The lowest BCUT2D eigenvalue weighted by molar-refractivity contribution is -0.275. The van der Waals surface area contributed by atoms with Gasteiger partial charge < -0.3 is 10.5 Å². The average Bonchev–Trinajstić information content (AvgIpc) is 2.27. The molecule has 1 rings (SSSR count). The van der Waals surface area contributed by atoms with Crippen molar-refractivity contribution < 1.29 is 17.9 Å². The highest BCUT2D eigenvalue weighted by molar-refractivity contribution is 5.85. The van der Waals surface area contributed by atoms with Crippen molar-refractivity contribution >= 4 is 12.4 Å². The second-order valence-corrected chi connectivity index (χ2v) is 4.19. The molecule has 1 aromatic rings. The van der Waals surface area contributed by atoms with Gasteiger partial charge in [0.15, 0.2) is 0 Å². The molecule has 110 valence electrons. The van der Waals surface area contributed by atoms with Crippen LogP contribution in [0, 0.1) is 0 Å². The van der Waals surface area contributed by atoms with Crippen molar-refractivity contribution in [3.63, 3.8) is 0 Å². The smallest absolute Gasteiger partial charge is 0.405 e. The summed E-state index contributed by atoms with van der Waals surface area (Å²) in [7, 11) is 0. The third-order valence-corrected chi connectivity index (χ3v) is 2.66. The Kier molecular flexibility index (Phi) is 7.87. The van der Waals surface area contributed by atoms with Gasteiger partial charge in [-0.25, -0.2) is 0 Å². The molecular formula is C13H19ClF3NO. The second kappa shape index (κ2) is 8.27. The highest BCUT2D eigenvalue weighted by Crippen LogP contribution is 2.31. The Hall–Kier alpha value is -0.940. The highest BCUT2D eigenvalue weighted by Gasteiger charge is 2.32. The summed E-state index contributed by atoms with van der Waals surface area (Å²) >= 11 is 0. The zero-order chi connectivity index (χ0) is 13.6. The van der Waals surface area contributed by atoms with Crippen LogP contribution in [0.15, 0.2) is 24.3 Å². The van der Waals surface area contributed by atoms with Crippen LogP contribution in [0.2, 0.25) is 0 Å². The van der Waals surface area contributed by atoms with Crippen LogP contribution in [0.3, 0.4) is 0 Å². The van der Waals surface area contributed by atoms with Crippen molar-refractivity contribution in [2.75, 3.05) is 0 Å². The number of hydrogen-bond acceptors (Lipinski definition) is 2. The summed E-state index contributed by atoms with van der Waals surface area (Å²) in [5.74, 6) is -0.200. The van der Waals surface area contributed by atoms with E-state index in [9.17, 15) is 13.2 Å². The molecule has 0 unspecified atom stereocenters. The number of alkyl halides is 3. The van der Waals surface area contributed by atoms with Crippen molar-refractivity contribution in [3.8, 4) is 5.75 Å². The summed E-state index contributed by atoms with van der Waals surface area (Å²) in [6.45, 7) is 2.06. The summed E-state index contributed by atoms with van der Waals surface area (Å²) < 4.78 is 40.7. The fraction of sp³-hybridized carbons (Fsp3) is 0.538. The van der Waals surface area contributed by atoms with Crippen LogP contribution in [0.4, 0.5) is 13.2 Å². The van der Waals surface area contributed by atoms with Crippen LogP contribution in [-0.4, -0.2) is 6.36 Å². The Balaban J connectivity index is 0.00000324. The molecule has 1 atom stereocenters. The van der Waals surface area contributed by atoms with Crippen LogP contribution in [-0.2, 0) is 0 Å². The van der Waals surface area contributed by atoms with Gasteiger partial charge in [0.25, 0.3) is 0 Å². The lowest BCUT2D eigenvalue weighted by Crippen LogP contribution is -2.20. The number of ether oxygens (including phenoxy) is 1. The van der Waals surface area contributed by atoms with Gasteiger partial charge in [0.2, 0.25) is 0 Å². The van der Waals surface area contributed by atoms with E-state index < -0.39 is 12.4 Å². The Bertz CT molecular complexity index is 371. The molecule has 0 amide bonds. The first-order chi connectivity index (χ1) is 8.44. The Morgan fingerprint density at radius 3 is 2.42 bits per heavy atom. The van der Waals surface area contributed by atoms with E-state index in [-0.39, 0.29) is 18.2 Å². The number of hydrogen-bond donors (Lipinski definition) is 1. The number of nitrogens with two attached hydrogens (primary N) is 1. The van der Waals surface area contributed by atoms with Gasteiger partial charge in [-0.15, -0.1) is 25.6 Å². The van der Waals surface area contributed by atoms with Crippen molar-refractivity contribution in [1.29, 1.82) is 0 Å². The molecule has 0 aliphatic rings. The van der Waals surface area contributed by atoms with E-state index in [1.54, 1.807) is 12.1 Å². The minimum absolute atomic E-state index is 0. The molecule has 19 heavy (non-hydrogen) atoms. The molecule has 0 radical (unpaired) electrons. The van der Waals surface area contributed by atoms with Gasteiger partial charge >= 0.3 is 6.36 Å². The maximum Gasteiger partial charge on any atom is 0.573 e. The Labute approximate surface area is 117 Å². The predicted octanol–water partition coefficient (Wildman–Crippen LogP) is 4.59. The SMILES string of the molecule is CCCCC[C@H](N)c1ccccc1OC(F)(F)F.Cl. The fourth-order valence-corrected chi connectivity index (χ4v) is 1.77. The standard InChI is InChI=1S/C13H18F3NO.ClH/c1-2-3-4-8-11(17)10-7-5-6-9-12(10)18-13(14,15)16;/h5-7,9,11H,2-4,8,17H2,1H3;1H/t11-;/m0./s1. The quantitative estimate of drug-likeness (QED) is 0.780. The molecule has 0 spiro atoms. The topological polar surface area (TPSA) is 35.2 Å². The van der Waals surface area contributed by atoms with Crippen molar-refractivity contribution in [2.45, 2.75) is 45.0 Å². The van der Waals surface area contributed by atoms with Crippen LogP contribution >= 0.6 is 12.4 Å². The van der Waals surface area contributed by atoms with Crippen molar-refractivity contribution in [2.24, 2.45) is 5.73 Å². The first-order valence-electron chi connectivity index (χ1n) is 6.04. The van der Waals surface area contributed by atoms with E-state index in [0.29, 0.717) is 12.0 Å². The molecule has 0 aliphatic heterocycles. The highest BCUT2D eigenvalue weighted by atomic mass is 35.5. The van der Waals surface area contributed by atoms with Gasteiger partial charge in [-0.1, -0.05) is 44.4 Å². The van der Waals surface area contributed by atoms with Gasteiger partial charge in [-0.05, 0) is 12.5 Å². The van der Waals surface area contributed by atoms with Crippen LogP contribution in [0.1, 0.15) is 44.2 Å². The lowest BCUT2D eigenvalue weighted by Gasteiger charge is -2.17. The molecular weight excluding hydrogens is 279 g/mol. The van der Waals surface area contributed by atoms with Gasteiger partial charge in [0, 0.05) is 11.6 Å². The minimum atomic E-state index is -4.68. The van der Waals surface area contributed by atoms with Gasteiger partial charge in [0.05, 0.1) is 0 Å². The maximum absolute atomic E-state index is 12.2. The third kappa shape index (κ3) is 6.68. The molecule has 0 heterocycles. The third-order valence-electron chi connectivity index (χ3n) is 2.66. The molecule has 0 saturated carbocycles. The number of para-hydroxylation sites is 1. The van der Waals surface area contributed by atoms with Crippen LogP contribution in [0.5, 0.6) is 5.75 Å². The first-order valence-corrected chi connectivity index (χ1v) is 6.04. The van der Waals surface area contributed by atoms with Crippen LogP contribution < -0.4 is 10.5 Å². The van der Waals surface area contributed by atoms with E-state index in [1.807, 2.05) is 0 Å². The zero-order valence-electron chi connectivity index (χ0n) is 10.7. The molecule has 0 fully saturated rings. The summed E-state index contributed by atoms with van der Waals surface area (Å²) in [5, 5.41) is 0. The summed E-state index contributed by atoms with van der Waals surface area (Å²) in [4.78, 5) is 0. The first kappa shape index (κ1) is 18.1. The van der Waals surface area contributed by atoms with Gasteiger partial charge in [-0.2, -0.15) is 0 Å². The summed E-state index contributed by atoms with van der Waals surface area (Å²) in [5.41, 5.74) is 6.32. The van der Waals surface area contributed by atoms with E-state index >= 15 is 0 Å². The van der Waals surface area contributed by atoms with E-state index in [0.717, 1.165) is 19.3 Å². The van der Waals surface area contributed by atoms with E-state index in [2.05, 4.69) is 11.7 Å².